The fourth-order valence-corrected chi connectivity index (χ4v) is 7.37. The van der Waals surface area contributed by atoms with E-state index in [1.807, 2.05) is 13.8 Å². The van der Waals surface area contributed by atoms with Crippen molar-refractivity contribution in [2.24, 2.45) is 23.5 Å². The lowest BCUT2D eigenvalue weighted by Gasteiger charge is -2.34. The van der Waals surface area contributed by atoms with E-state index in [-0.39, 0.29) is 30.7 Å². The minimum absolute atomic E-state index is 0.00986. The number of carbonyl (C=O) groups is 6. The Bertz CT molecular complexity index is 1410. The van der Waals surface area contributed by atoms with Crippen LogP contribution in [0.25, 0.3) is 0 Å². The van der Waals surface area contributed by atoms with Gasteiger partial charge in [-0.3, -0.25) is 24.0 Å². The molecule has 6 amide bonds. The molecule has 14 nitrogen and oxygen atoms in total. The summed E-state index contributed by atoms with van der Waals surface area (Å²) in [7, 11) is 0. The fraction of sp³-hybridized carbons (Fsp3) is 0.707. The van der Waals surface area contributed by atoms with Gasteiger partial charge in [-0.2, -0.15) is 0 Å². The molecule has 1 aromatic rings. The van der Waals surface area contributed by atoms with E-state index in [4.69, 9.17) is 10.5 Å². The molecule has 0 saturated heterocycles. The highest BCUT2D eigenvalue weighted by atomic mass is 16.6. The number of ether oxygens (including phenoxy) is 1. The number of rotatable bonds is 19. The van der Waals surface area contributed by atoms with Crippen LogP contribution in [0.3, 0.4) is 0 Å². The summed E-state index contributed by atoms with van der Waals surface area (Å²) in [5.41, 5.74) is 5.22. The van der Waals surface area contributed by atoms with Crippen LogP contribution in [0.4, 0.5) is 4.79 Å². The highest BCUT2D eigenvalue weighted by molar-refractivity contribution is 5.93. The van der Waals surface area contributed by atoms with Crippen molar-refractivity contribution in [3.05, 3.63) is 35.9 Å². The molecule has 0 radical (unpaired) electrons. The third-order valence-corrected chi connectivity index (χ3v) is 10.6. The Labute approximate surface area is 326 Å². The predicted octanol–water partition coefficient (Wildman–Crippen LogP) is 3.48. The maximum Gasteiger partial charge on any atom is 0.408 e. The zero-order chi connectivity index (χ0) is 40.5. The highest BCUT2D eigenvalue weighted by Crippen LogP contribution is 2.25. The number of alkyl carbamates (subject to hydrolysis) is 1. The molecule has 0 spiro atoms. The third kappa shape index (κ3) is 16.2. The molecule has 2 fully saturated rings. The molecular formula is C41H66N6O8. The molecule has 0 aliphatic heterocycles. The number of nitrogens with two attached hydrogens (primary N) is 1. The first kappa shape index (κ1) is 45.2. The van der Waals surface area contributed by atoms with Crippen molar-refractivity contribution in [2.75, 3.05) is 19.6 Å². The Morgan fingerprint density at radius 2 is 1.47 bits per heavy atom. The molecular weight excluding hydrogens is 704 g/mol. The summed E-state index contributed by atoms with van der Waals surface area (Å²) in [6, 6.07) is 5.42. The average Bonchev–Trinajstić information content (AvgIpc) is 3.14. The van der Waals surface area contributed by atoms with Gasteiger partial charge in [0.15, 0.2) is 6.10 Å². The molecule has 1 aromatic carbocycles. The van der Waals surface area contributed by atoms with Crippen molar-refractivity contribution in [1.82, 2.24) is 26.2 Å². The van der Waals surface area contributed by atoms with E-state index in [0.717, 1.165) is 57.8 Å². The van der Waals surface area contributed by atoms with Crippen LogP contribution in [0.15, 0.2) is 30.3 Å². The van der Waals surface area contributed by atoms with E-state index >= 15 is 0 Å². The molecule has 7 N–H and O–H groups in total. The summed E-state index contributed by atoms with van der Waals surface area (Å²) in [6.45, 7) is 9.15. The van der Waals surface area contributed by atoms with Crippen LogP contribution >= 0.6 is 0 Å². The van der Waals surface area contributed by atoms with E-state index in [1.54, 1.807) is 51.1 Å². The number of primary amides is 1. The second kappa shape index (κ2) is 22.4. The number of nitrogens with zero attached hydrogens (tertiary/aromatic N) is 1. The molecule has 2 aliphatic carbocycles. The number of carbonyl (C=O) groups excluding carboxylic acids is 6. The fourth-order valence-electron chi connectivity index (χ4n) is 7.37. The molecule has 0 aromatic heterocycles. The average molecular weight is 771 g/mol. The van der Waals surface area contributed by atoms with Gasteiger partial charge in [-0.05, 0) is 76.2 Å². The largest absolute Gasteiger partial charge is 0.444 e. The first-order valence-electron chi connectivity index (χ1n) is 20.2. The molecule has 14 heteroatoms. The Kier molecular flexibility index (Phi) is 18.4. The second-order valence-electron chi connectivity index (χ2n) is 16.5. The zero-order valence-electron chi connectivity index (χ0n) is 33.6. The van der Waals surface area contributed by atoms with Crippen LogP contribution in [0, 0.1) is 17.8 Å². The Morgan fingerprint density at radius 3 is 2.04 bits per heavy atom. The number of nitrogens with one attached hydrogen (secondary N) is 4. The van der Waals surface area contributed by atoms with Gasteiger partial charge in [0.1, 0.15) is 17.7 Å². The van der Waals surface area contributed by atoms with E-state index in [9.17, 15) is 33.9 Å². The maximum absolute atomic E-state index is 14.3. The van der Waals surface area contributed by atoms with Gasteiger partial charge in [-0.15, -0.1) is 0 Å². The monoisotopic (exact) mass is 770 g/mol. The van der Waals surface area contributed by atoms with Gasteiger partial charge >= 0.3 is 6.09 Å². The standard InChI is InChI=1S/C41H66N6O8/c1-6-27(2)35(38(52)43-24-29-18-12-8-13-19-29)46-34(49)26-47(25-30-20-14-9-15-21-30)39(53)36(50)31(22-28-16-10-7-11-17-28)44-37(51)32(23-33(42)48)45-40(54)55-41(3,4)5/h7,10-11,16-17,27,29-32,35-36,50H,6,8-9,12-15,18-26H2,1-5H3,(H2,42,48)(H,43,52)(H,44,51)(H,45,54)(H,46,49)/t27-,31+,32+,35+,36-/m1/s1. The summed E-state index contributed by atoms with van der Waals surface area (Å²) in [4.78, 5) is 81.1. The minimum atomic E-state index is -1.82. The van der Waals surface area contributed by atoms with E-state index in [2.05, 4.69) is 21.3 Å². The quantitative estimate of drug-likeness (QED) is 0.122. The van der Waals surface area contributed by atoms with Crippen LogP contribution in [0.5, 0.6) is 0 Å². The van der Waals surface area contributed by atoms with Crippen molar-refractivity contribution in [3.8, 4) is 0 Å². The number of aliphatic hydroxyl groups is 1. The number of aliphatic hydroxyl groups excluding tert-OH is 1. The van der Waals surface area contributed by atoms with Gasteiger partial charge in [-0.25, -0.2) is 4.79 Å². The van der Waals surface area contributed by atoms with Gasteiger partial charge in [0, 0.05) is 13.1 Å². The van der Waals surface area contributed by atoms with Gasteiger partial charge in [0.2, 0.25) is 23.6 Å². The van der Waals surface area contributed by atoms with Crippen LogP contribution < -0.4 is 27.0 Å². The first-order chi connectivity index (χ1) is 26.1. The van der Waals surface area contributed by atoms with Crippen molar-refractivity contribution < 1.29 is 38.6 Å². The molecule has 0 bridgehead atoms. The molecule has 2 saturated carbocycles. The second-order valence-corrected chi connectivity index (χ2v) is 16.5. The highest BCUT2D eigenvalue weighted by Gasteiger charge is 2.36. The van der Waals surface area contributed by atoms with Gasteiger partial charge in [0.05, 0.1) is 19.0 Å². The van der Waals surface area contributed by atoms with Crippen LogP contribution in [-0.4, -0.2) is 95.1 Å². The predicted molar refractivity (Wildman–Crippen MR) is 209 cm³/mol. The zero-order valence-corrected chi connectivity index (χ0v) is 33.6. The van der Waals surface area contributed by atoms with Crippen LogP contribution in [0.2, 0.25) is 0 Å². The van der Waals surface area contributed by atoms with E-state index in [0.29, 0.717) is 24.4 Å². The molecule has 3 rings (SSSR count). The summed E-state index contributed by atoms with van der Waals surface area (Å²) in [5.74, 6) is -2.93. The Hall–Kier alpha value is -4.20. The van der Waals surface area contributed by atoms with Crippen LogP contribution in [-0.2, 0) is 35.1 Å². The lowest BCUT2D eigenvalue weighted by Crippen LogP contribution is -2.59. The lowest BCUT2D eigenvalue weighted by atomic mass is 9.88. The molecule has 308 valence electrons. The van der Waals surface area contributed by atoms with Gasteiger partial charge in [0.25, 0.3) is 5.91 Å². The minimum Gasteiger partial charge on any atom is -0.444 e. The molecule has 2 aliphatic rings. The SMILES string of the molecule is CC[C@@H](C)[C@H](NC(=O)CN(CC1CCCCC1)C(=O)[C@H](O)[C@H](Cc1ccccc1)NC(=O)[C@H](CC(N)=O)NC(=O)OC(C)(C)C)C(=O)NCC1CCCCC1. The van der Waals surface area contributed by atoms with Crippen molar-refractivity contribution in [2.45, 2.75) is 148 Å². The molecule has 55 heavy (non-hydrogen) atoms. The topological polar surface area (TPSA) is 209 Å². The summed E-state index contributed by atoms with van der Waals surface area (Å²) < 4.78 is 5.28. The van der Waals surface area contributed by atoms with Gasteiger partial charge < -0.3 is 41.7 Å². The Morgan fingerprint density at radius 1 is 0.873 bits per heavy atom. The summed E-state index contributed by atoms with van der Waals surface area (Å²) in [5, 5.41) is 22.8. The van der Waals surface area contributed by atoms with Crippen molar-refractivity contribution in [3.63, 3.8) is 0 Å². The smallest absolute Gasteiger partial charge is 0.408 e. The van der Waals surface area contributed by atoms with Crippen molar-refractivity contribution >= 4 is 35.6 Å². The third-order valence-electron chi connectivity index (χ3n) is 10.6. The number of amides is 6. The van der Waals surface area contributed by atoms with Crippen LogP contribution in [0.1, 0.15) is 117 Å². The molecule has 0 heterocycles. The lowest BCUT2D eigenvalue weighted by molar-refractivity contribution is -0.146. The van der Waals surface area contributed by atoms with E-state index < -0.39 is 72.5 Å². The van der Waals surface area contributed by atoms with E-state index in [1.165, 1.54) is 11.3 Å². The first-order valence-corrected chi connectivity index (χ1v) is 20.2. The Balaban J connectivity index is 1.84. The molecule has 5 atom stereocenters. The summed E-state index contributed by atoms with van der Waals surface area (Å²) in [6.07, 6.45) is 7.72. The molecule has 0 unspecified atom stereocenters. The number of hydrogen-bond donors (Lipinski definition) is 6. The summed E-state index contributed by atoms with van der Waals surface area (Å²) >= 11 is 0. The maximum atomic E-state index is 14.3. The van der Waals surface area contributed by atoms with Gasteiger partial charge in [-0.1, -0.05) is 89.1 Å². The van der Waals surface area contributed by atoms with Crippen molar-refractivity contribution in [1.29, 1.82) is 0 Å². The normalized spacial score (nSPS) is 18.1. The number of hydrogen-bond acceptors (Lipinski definition) is 8. The number of benzene rings is 1.